The van der Waals surface area contributed by atoms with Gasteiger partial charge in [-0.1, -0.05) is 25.1 Å². The van der Waals surface area contributed by atoms with Crippen molar-refractivity contribution >= 4 is 40.8 Å². The highest BCUT2D eigenvalue weighted by molar-refractivity contribution is 5.94. The largest absolute Gasteiger partial charge is 0.422 e. The van der Waals surface area contributed by atoms with Crippen molar-refractivity contribution in [2.45, 2.75) is 33.6 Å². The summed E-state index contributed by atoms with van der Waals surface area (Å²) < 4.78 is 5.31. The van der Waals surface area contributed by atoms with Gasteiger partial charge in [0.15, 0.2) is 17.4 Å². The first-order valence-electron chi connectivity index (χ1n) is 8.66. The van der Waals surface area contributed by atoms with E-state index < -0.39 is 11.9 Å². The number of carbonyl (C=O) groups excluding carboxylic acids is 3. The molecular weight excluding hydrogens is 362 g/mol. The van der Waals surface area contributed by atoms with Gasteiger partial charge in [0.25, 0.3) is 0 Å². The Bertz CT molecular complexity index is 897. The summed E-state index contributed by atoms with van der Waals surface area (Å²) in [5.74, 6) is -1.18. The monoisotopic (exact) mass is 383 g/mol. The van der Waals surface area contributed by atoms with Crippen LogP contribution in [-0.2, 0) is 14.4 Å². The number of ether oxygens (including phenoxy) is 1. The summed E-state index contributed by atoms with van der Waals surface area (Å²) in [6.07, 6.45) is 0.806. The fourth-order valence-corrected chi connectivity index (χ4v) is 2.14. The van der Waals surface area contributed by atoms with Gasteiger partial charge in [0, 0.05) is 26.3 Å². The minimum Gasteiger partial charge on any atom is -0.422 e. The lowest BCUT2D eigenvalue weighted by Gasteiger charge is -2.13. The summed E-state index contributed by atoms with van der Waals surface area (Å²) in [5.41, 5.74) is 0.763. The number of carbonyl (C=O) groups is 3. The molecule has 9 nitrogen and oxygen atoms in total. The van der Waals surface area contributed by atoms with Crippen LogP contribution in [0.2, 0.25) is 0 Å². The molecule has 0 aliphatic carbocycles. The van der Waals surface area contributed by atoms with E-state index in [1.807, 2.05) is 13.0 Å². The van der Waals surface area contributed by atoms with Crippen molar-refractivity contribution in [1.82, 2.24) is 4.98 Å². The van der Waals surface area contributed by atoms with Crippen LogP contribution in [-0.4, -0.2) is 22.8 Å². The molecule has 1 aromatic carbocycles. The van der Waals surface area contributed by atoms with E-state index in [0.29, 0.717) is 12.1 Å². The molecule has 0 bridgehead atoms. The molecule has 0 unspecified atom stereocenters. The molecule has 2 amide bonds. The Morgan fingerprint density at radius 2 is 1.64 bits per heavy atom. The van der Waals surface area contributed by atoms with Crippen LogP contribution in [0.3, 0.4) is 0 Å². The second kappa shape index (κ2) is 9.91. The Labute approximate surface area is 162 Å². The second-order valence-corrected chi connectivity index (χ2v) is 5.82. The molecule has 0 saturated heterocycles. The Kier molecular flexibility index (Phi) is 7.32. The van der Waals surface area contributed by atoms with Gasteiger partial charge in [-0.25, -0.2) is 4.98 Å². The first-order chi connectivity index (χ1) is 13.4. The van der Waals surface area contributed by atoms with Crippen molar-refractivity contribution in [3.63, 3.8) is 0 Å². The molecule has 1 aromatic heterocycles. The molecule has 0 fully saturated rings. The summed E-state index contributed by atoms with van der Waals surface area (Å²) in [5, 5.41) is 13.2. The molecule has 146 valence electrons. The van der Waals surface area contributed by atoms with E-state index in [2.05, 4.69) is 25.8 Å². The van der Waals surface area contributed by atoms with Gasteiger partial charge in [-0.2, -0.15) is 5.11 Å². The highest BCUT2D eigenvalue weighted by Crippen LogP contribution is 2.35. The van der Waals surface area contributed by atoms with E-state index in [4.69, 9.17) is 4.74 Å². The predicted molar refractivity (Wildman–Crippen MR) is 104 cm³/mol. The number of nitrogens with one attached hydrogen (secondary N) is 2. The number of esters is 1. The van der Waals surface area contributed by atoms with Gasteiger partial charge >= 0.3 is 5.97 Å². The van der Waals surface area contributed by atoms with Crippen molar-refractivity contribution in [2.24, 2.45) is 10.2 Å². The fourth-order valence-electron chi connectivity index (χ4n) is 2.14. The number of nitrogens with zero attached hydrogens (tertiary/aromatic N) is 3. The molecule has 2 aromatic rings. The van der Waals surface area contributed by atoms with Crippen molar-refractivity contribution in [2.75, 3.05) is 10.6 Å². The zero-order valence-corrected chi connectivity index (χ0v) is 15.9. The SMILES string of the molecule is CCCC(=O)Oc1cc(N=Nc2ccccc2)c(NC(C)=O)nc1NC(C)=O. The number of benzene rings is 1. The lowest BCUT2D eigenvalue weighted by Crippen LogP contribution is -2.15. The zero-order chi connectivity index (χ0) is 20.5. The Morgan fingerprint density at radius 3 is 2.25 bits per heavy atom. The quantitative estimate of drug-likeness (QED) is 0.550. The van der Waals surface area contributed by atoms with Crippen LogP contribution >= 0.6 is 0 Å². The number of amides is 2. The molecule has 0 aliphatic rings. The third-order valence-corrected chi connectivity index (χ3v) is 3.26. The molecule has 2 rings (SSSR count). The summed E-state index contributed by atoms with van der Waals surface area (Å²) in [4.78, 5) is 39.1. The zero-order valence-electron chi connectivity index (χ0n) is 15.9. The van der Waals surface area contributed by atoms with Crippen LogP contribution in [0, 0.1) is 0 Å². The summed E-state index contributed by atoms with van der Waals surface area (Å²) in [7, 11) is 0. The average molecular weight is 383 g/mol. The number of anilines is 2. The van der Waals surface area contributed by atoms with Crippen LogP contribution in [0.15, 0.2) is 46.6 Å². The molecule has 0 radical (unpaired) electrons. The minimum atomic E-state index is -0.478. The third-order valence-electron chi connectivity index (χ3n) is 3.26. The Morgan fingerprint density at radius 1 is 1.00 bits per heavy atom. The van der Waals surface area contributed by atoms with Crippen LogP contribution in [0.25, 0.3) is 0 Å². The van der Waals surface area contributed by atoms with Crippen molar-refractivity contribution in [3.8, 4) is 5.75 Å². The van der Waals surface area contributed by atoms with E-state index in [1.165, 1.54) is 19.9 Å². The third kappa shape index (κ3) is 6.27. The molecule has 9 heteroatoms. The topological polar surface area (TPSA) is 122 Å². The summed E-state index contributed by atoms with van der Waals surface area (Å²) in [6.45, 7) is 4.45. The van der Waals surface area contributed by atoms with Gasteiger partial charge in [0.1, 0.15) is 5.69 Å². The van der Waals surface area contributed by atoms with Crippen LogP contribution in [0.5, 0.6) is 5.75 Å². The molecule has 0 aliphatic heterocycles. The van der Waals surface area contributed by atoms with Gasteiger partial charge < -0.3 is 15.4 Å². The first-order valence-corrected chi connectivity index (χ1v) is 8.66. The maximum atomic E-state index is 11.9. The molecular formula is C19H21N5O4. The Hall–Kier alpha value is -3.62. The van der Waals surface area contributed by atoms with Crippen molar-refractivity contribution in [3.05, 3.63) is 36.4 Å². The number of hydrogen-bond donors (Lipinski definition) is 2. The maximum absolute atomic E-state index is 11.9. The van der Waals surface area contributed by atoms with E-state index in [1.54, 1.807) is 24.3 Å². The Balaban J connectivity index is 2.49. The standard InChI is InChI=1S/C19H21N5O4/c1-4-8-17(27)28-16-11-15(24-23-14-9-6-5-7-10-14)18(20-12(2)25)22-19(16)21-13(3)26/h5-7,9-11H,4,8H2,1-3H3,(H2,20,21,22,25,26). The average Bonchev–Trinajstić information content (AvgIpc) is 2.62. The minimum absolute atomic E-state index is 0.000589. The van der Waals surface area contributed by atoms with Crippen molar-refractivity contribution in [1.29, 1.82) is 0 Å². The summed E-state index contributed by atoms with van der Waals surface area (Å²) >= 11 is 0. The molecule has 1 heterocycles. The second-order valence-electron chi connectivity index (χ2n) is 5.82. The molecule has 28 heavy (non-hydrogen) atoms. The van der Waals surface area contributed by atoms with E-state index in [0.717, 1.165) is 0 Å². The van der Waals surface area contributed by atoms with E-state index in [-0.39, 0.29) is 35.4 Å². The maximum Gasteiger partial charge on any atom is 0.311 e. The smallest absolute Gasteiger partial charge is 0.311 e. The number of hydrogen-bond acceptors (Lipinski definition) is 7. The van der Waals surface area contributed by atoms with Crippen LogP contribution < -0.4 is 15.4 Å². The lowest BCUT2D eigenvalue weighted by atomic mass is 10.3. The van der Waals surface area contributed by atoms with Crippen molar-refractivity contribution < 1.29 is 19.1 Å². The fraction of sp³-hybridized carbons (Fsp3) is 0.263. The molecule has 2 N–H and O–H groups in total. The predicted octanol–water partition coefficient (Wildman–Crippen LogP) is 4.12. The molecule has 0 saturated carbocycles. The highest BCUT2D eigenvalue weighted by Gasteiger charge is 2.17. The number of pyridine rings is 1. The van der Waals surface area contributed by atoms with Crippen LogP contribution in [0.1, 0.15) is 33.6 Å². The van der Waals surface area contributed by atoms with E-state index in [9.17, 15) is 14.4 Å². The summed E-state index contributed by atoms with van der Waals surface area (Å²) in [6, 6.07) is 10.4. The van der Waals surface area contributed by atoms with Gasteiger partial charge in [-0.15, -0.1) is 5.11 Å². The van der Waals surface area contributed by atoms with Gasteiger partial charge in [-0.3, -0.25) is 14.4 Å². The molecule has 0 atom stereocenters. The van der Waals surface area contributed by atoms with Crippen LogP contribution in [0.4, 0.5) is 23.0 Å². The van der Waals surface area contributed by atoms with Gasteiger partial charge in [-0.05, 0) is 18.6 Å². The lowest BCUT2D eigenvalue weighted by molar-refractivity contribution is -0.134. The number of rotatable bonds is 7. The number of azo groups is 1. The normalized spacial score (nSPS) is 10.5. The number of aromatic nitrogens is 1. The van der Waals surface area contributed by atoms with Gasteiger partial charge in [0.2, 0.25) is 11.8 Å². The first kappa shape index (κ1) is 20.7. The van der Waals surface area contributed by atoms with E-state index >= 15 is 0 Å². The molecule has 0 spiro atoms. The van der Waals surface area contributed by atoms with Gasteiger partial charge in [0.05, 0.1) is 5.69 Å². The highest BCUT2D eigenvalue weighted by atomic mass is 16.5.